The van der Waals surface area contributed by atoms with E-state index in [9.17, 15) is 8.78 Å². The Morgan fingerprint density at radius 2 is 1.67 bits per heavy atom. The van der Waals surface area contributed by atoms with Crippen molar-refractivity contribution in [1.29, 1.82) is 0 Å². The first-order valence-corrected chi connectivity index (χ1v) is 6.40. The van der Waals surface area contributed by atoms with Gasteiger partial charge in [0.15, 0.2) is 0 Å². The second kappa shape index (κ2) is 7.44. The zero-order chi connectivity index (χ0) is 13.5. The van der Waals surface area contributed by atoms with Crippen molar-refractivity contribution in [2.24, 2.45) is 0 Å². The van der Waals surface area contributed by atoms with Crippen LogP contribution in [0.25, 0.3) is 0 Å². The number of hydrogen-bond donors (Lipinski definition) is 2. The Bertz CT molecular complexity index is 347. The molecule has 0 aliphatic carbocycles. The van der Waals surface area contributed by atoms with Crippen LogP contribution in [-0.2, 0) is 6.42 Å². The van der Waals surface area contributed by atoms with Crippen LogP contribution in [0.2, 0.25) is 0 Å². The van der Waals surface area contributed by atoms with Crippen molar-refractivity contribution in [1.82, 2.24) is 10.6 Å². The third-order valence-electron chi connectivity index (χ3n) is 2.76. The molecule has 0 spiro atoms. The first-order chi connectivity index (χ1) is 8.50. The maximum atomic E-state index is 13.3. The summed E-state index contributed by atoms with van der Waals surface area (Å²) in [6.45, 7) is 7.63. The summed E-state index contributed by atoms with van der Waals surface area (Å²) in [5.74, 6) is -0.936. The van der Waals surface area contributed by atoms with Crippen LogP contribution in [0.1, 0.15) is 26.3 Å². The summed E-state index contributed by atoms with van der Waals surface area (Å²) in [5, 5.41) is 6.55. The summed E-state index contributed by atoms with van der Waals surface area (Å²) in [4.78, 5) is 0. The predicted octanol–water partition coefficient (Wildman–Crippen LogP) is 2.48. The van der Waals surface area contributed by atoms with Gasteiger partial charge in [0, 0.05) is 24.2 Å². The SMILES string of the molecule is CC(C)NCC(C)NCCc1c(F)cccc1F. The van der Waals surface area contributed by atoms with Gasteiger partial charge in [0.05, 0.1) is 0 Å². The topological polar surface area (TPSA) is 24.1 Å². The quantitative estimate of drug-likeness (QED) is 0.783. The molecule has 1 rings (SSSR count). The van der Waals surface area contributed by atoms with Gasteiger partial charge >= 0.3 is 0 Å². The van der Waals surface area contributed by atoms with Crippen molar-refractivity contribution in [3.8, 4) is 0 Å². The number of halogens is 2. The van der Waals surface area contributed by atoms with Gasteiger partial charge in [-0.15, -0.1) is 0 Å². The lowest BCUT2D eigenvalue weighted by Gasteiger charge is -2.16. The van der Waals surface area contributed by atoms with Gasteiger partial charge in [-0.3, -0.25) is 0 Å². The minimum Gasteiger partial charge on any atom is -0.313 e. The highest BCUT2D eigenvalue weighted by atomic mass is 19.1. The van der Waals surface area contributed by atoms with Gasteiger partial charge in [-0.05, 0) is 32.0 Å². The van der Waals surface area contributed by atoms with Gasteiger partial charge in [0.2, 0.25) is 0 Å². The molecule has 1 unspecified atom stereocenters. The van der Waals surface area contributed by atoms with Crippen molar-refractivity contribution in [2.75, 3.05) is 13.1 Å². The first kappa shape index (κ1) is 15.1. The van der Waals surface area contributed by atoms with E-state index in [1.807, 2.05) is 6.92 Å². The van der Waals surface area contributed by atoms with Crippen LogP contribution in [0.5, 0.6) is 0 Å². The lowest BCUT2D eigenvalue weighted by molar-refractivity contribution is 0.470. The molecule has 0 aromatic heterocycles. The average Bonchev–Trinajstić information content (AvgIpc) is 2.30. The van der Waals surface area contributed by atoms with E-state index in [4.69, 9.17) is 0 Å². The van der Waals surface area contributed by atoms with Crippen LogP contribution >= 0.6 is 0 Å². The molecule has 18 heavy (non-hydrogen) atoms. The molecule has 0 saturated heterocycles. The van der Waals surface area contributed by atoms with E-state index in [1.165, 1.54) is 18.2 Å². The Morgan fingerprint density at radius 1 is 1.06 bits per heavy atom. The van der Waals surface area contributed by atoms with Crippen molar-refractivity contribution >= 4 is 0 Å². The fourth-order valence-corrected chi connectivity index (χ4v) is 1.70. The fourth-order valence-electron chi connectivity index (χ4n) is 1.70. The Hall–Kier alpha value is -1.00. The smallest absolute Gasteiger partial charge is 0.129 e. The van der Waals surface area contributed by atoms with Gasteiger partial charge in [-0.2, -0.15) is 0 Å². The zero-order valence-corrected chi connectivity index (χ0v) is 11.3. The minimum atomic E-state index is -0.468. The zero-order valence-electron chi connectivity index (χ0n) is 11.3. The van der Waals surface area contributed by atoms with Crippen molar-refractivity contribution in [2.45, 2.75) is 39.3 Å². The summed E-state index contributed by atoms with van der Waals surface area (Å²) in [6.07, 6.45) is 0.366. The minimum absolute atomic E-state index is 0.161. The summed E-state index contributed by atoms with van der Waals surface area (Å²) in [6, 6.07) is 4.70. The van der Waals surface area contributed by atoms with Crippen LogP contribution in [0.4, 0.5) is 8.78 Å². The molecular weight excluding hydrogens is 234 g/mol. The summed E-state index contributed by atoms with van der Waals surface area (Å²) in [5.41, 5.74) is 0.161. The highest BCUT2D eigenvalue weighted by Crippen LogP contribution is 2.11. The maximum absolute atomic E-state index is 13.3. The molecule has 4 heteroatoms. The molecule has 1 aromatic carbocycles. The van der Waals surface area contributed by atoms with Crippen LogP contribution in [0.15, 0.2) is 18.2 Å². The average molecular weight is 256 g/mol. The largest absolute Gasteiger partial charge is 0.313 e. The molecule has 0 saturated carbocycles. The summed E-state index contributed by atoms with van der Waals surface area (Å²) >= 11 is 0. The van der Waals surface area contributed by atoms with Crippen LogP contribution < -0.4 is 10.6 Å². The van der Waals surface area contributed by atoms with E-state index in [0.717, 1.165) is 6.54 Å². The number of benzene rings is 1. The summed E-state index contributed by atoms with van der Waals surface area (Å²) in [7, 11) is 0. The number of hydrogen-bond acceptors (Lipinski definition) is 2. The maximum Gasteiger partial charge on any atom is 0.129 e. The monoisotopic (exact) mass is 256 g/mol. The van der Waals surface area contributed by atoms with Crippen molar-refractivity contribution in [3.63, 3.8) is 0 Å². The molecule has 2 nitrogen and oxygen atoms in total. The van der Waals surface area contributed by atoms with E-state index < -0.39 is 11.6 Å². The third kappa shape index (κ3) is 5.10. The molecule has 1 atom stereocenters. The van der Waals surface area contributed by atoms with E-state index in [0.29, 0.717) is 19.0 Å². The molecular formula is C14H22F2N2. The van der Waals surface area contributed by atoms with Crippen LogP contribution in [-0.4, -0.2) is 25.2 Å². The molecule has 102 valence electrons. The second-order valence-electron chi connectivity index (χ2n) is 4.87. The van der Waals surface area contributed by atoms with Gasteiger partial charge in [0.1, 0.15) is 11.6 Å². The highest BCUT2D eigenvalue weighted by Gasteiger charge is 2.08. The van der Waals surface area contributed by atoms with Crippen molar-refractivity contribution in [3.05, 3.63) is 35.4 Å². The van der Waals surface area contributed by atoms with Crippen molar-refractivity contribution < 1.29 is 8.78 Å². The fraction of sp³-hybridized carbons (Fsp3) is 0.571. The highest BCUT2D eigenvalue weighted by molar-refractivity contribution is 5.19. The van der Waals surface area contributed by atoms with Crippen LogP contribution in [0, 0.1) is 11.6 Å². The number of nitrogens with one attached hydrogen (secondary N) is 2. The molecule has 0 amide bonds. The summed E-state index contributed by atoms with van der Waals surface area (Å²) < 4.78 is 26.7. The Morgan fingerprint density at radius 3 is 2.22 bits per heavy atom. The molecule has 0 radical (unpaired) electrons. The van der Waals surface area contributed by atoms with Crippen LogP contribution in [0.3, 0.4) is 0 Å². The third-order valence-corrected chi connectivity index (χ3v) is 2.76. The Kier molecular flexibility index (Phi) is 6.22. The number of rotatable bonds is 7. The normalized spacial score (nSPS) is 13.0. The lowest BCUT2D eigenvalue weighted by Crippen LogP contribution is -2.39. The second-order valence-corrected chi connectivity index (χ2v) is 4.87. The molecule has 2 N–H and O–H groups in total. The molecule has 0 bridgehead atoms. The Labute approximate surface area is 108 Å². The first-order valence-electron chi connectivity index (χ1n) is 6.40. The van der Waals surface area contributed by atoms with Gasteiger partial charge in [0.25, 0.3) is 0 Å². The van der Waals surface area contributed by atoms with E-state index in [1.54, 1.807) is 0 Å². The van der Waals surface area contributed by atoms with E-state index in [2.05, 4.69) is 24.5 Å². The van der Waals surface area contributed by atoms with E-state index >= 15 is 0 Å². The van der Waals surface area contributed by atoms with E-state index in [-0.39, 0.29) is 11.6 Å². The molecule has 0 aliphatic heterocycles. The standard InChI is InChI=1S/C14H22F2N2/c1-10(2)18-9-11(3)17-8-7-12-13(15)5-4-6-14(12)16/h4-6,10-11,17-18H,7-9H2,1-3H3. The Balaban J connectivity index is 2.33. The molecule has 0 fully saturated rings. The van der Waals surface area contributed by atoms with Gasteiger partial charge in [-0.1, -0.05) is 19.9 Å². The van der Waals surface area contributed by atoms with Gasteiger partial charge in [-0.25, -0.2) is 8.78 Å². The van der Waals surface area contributed by atoms with Gasteiger partial charge < -0.3 is 10.6 Å². The molecule has 0 heterocycles. The predicted molar refractivity (Wildman–Crippen MR) is 70.7 cm³/mol. The molecule has 0 aliphatic rings. The lowest BCUT2D eigenvalue weighted by atomic mass is 10.1. The molecule has 1 aromatic rings.